The number of hydrogen-bond acceptors (Lipinski definition) is 11. The molecular weight excluding hydrogens is 428 g/mol. The van der Waals surface area contributed by atoms with Crippen LogP contribution in [0.4, 0.5) is 0 Å². The highest BCUT2D eigenvalue weighted by Crippen LogP contribution is 2.33. The van der Waals surface area contributed by atoms with Gasteiger partial charge < -0.3 is 54.3 Å². The molecular formula is C21H30O11. The van der Waals surface area contributed by atoms with E-state index in [1.54, 1.807) is 18.2 Å². The molecule has 0 spiro atoms. The fraction of sp³-hybridized carbons (Fsp3) is 0.619. The van der Waals surface area contributed by atoms with Gasteiger partial charge in [-0.1, -0.05) is 18.2 Å². The van der Waals surface area contributed by atoms with Crippen LogP contribution < -0.4 is 9.47 Å². The molecule has 3 rings (SSSR count). The first-order valence-corrected chi connectivity index (χ1v) is 10.2. The first kappa shape index (κ1) is 24.8. The second-order valence-corrected chi connectivity index (χ2v) is 7.76. The Kier molecular flexibility index (Phi) is 8.09. The van der Waals surface area contributed by atoms with Gasteiger partial charge in [0.2, 0.25) is 6.29 Å². The first-order chi connectivity index (χ1) is 15.2. The summed E-state index contributed by atoms with van der Waals surface area (Å²) in [7, 11) is 1.45. The van der Waals surface area contributed by atoms with Crippen molar-refractivity contribution in [3.63, 3.8) is 0 Å². The van der Waals surface area contributed by atoms with Crippen molar-refractivity contribution in [3.8, 4) is 11.5 Å². The molecule has 0 amide bonds. The third kappa shape index (κ3) is 5.06. The Balaban J connectivity index is 1.68. The SMILES string of the molecule is C/C=C/c1ccc(O[C@@H]2O[C@H](CO[C@@H]3OC[C@](O)(CO)[C@H]3O)[C@@H](O)[C@H](O)[C@H]2O)c(OC)c1. The third-order valence-corrected chi connectivity index (χ3v) is 5.46. The van der Waals surface area contributed by atoms with E-state index in [-0.39, 0.29) is 19.0 Å². The molecule has 11 heteroatoms. The highest BCUT2D eigenvalue weighted by atomic mass is 16.7. The van der Waals surface area contributed by atoms with Gasteiger partial charge in [0.15, 0.2) is 17.8 Å². The molecule has 0 saturated carbocycles. The van der Waals surface area contributed by atoms with E-state index in [4.69, 9.17) is 23.7 Å². The summed E-state index contributed by atoms with van der Waals surface area (Å²) in [5.41, 5.74) is -1.00. The molecule has 2 saturated heterocycles. The largest absolute Gasteiger partial charge is 0.493 e. The van der Waals surface area contributed by atoms with Gasteiger partial charge in [0.1, 0.15) is 36.1 Å². The highest BCUT2D eigenvalue weighted by Gasteiger charge is 2.50. The van der Waals surface area contributed by atoms with Crippen molar-refractivity contribution in [2.45, 2.75) is 55.6 Å². The van der Waals surface area contributed by atoms with Crippen LogP contribution >= 0.6 is 0 Å². The van der Waals surface area contributed by atoms with Crippen molar-refractivity contribution in [1.82, 2.24) is 0 Å². The quantitative estimate of drug-likeness (QED) is 0.265. The molecule has 0 unspecified atom stereocenters. The smallest absolute Gasteiger partial charge is 0.229 e. The van der Waals surface area contributed by atoms with Crippen molar-refractivity contribution < 1.29 is 54.3 Å². The number of allylic oxidation sites excluding steroid dienone is 1. The van der Waals surface area contributed by atoms with E-state index in [1.807, 2.05) is 19.1 Å². The molecule has 1 aromatic carbocycles. The molecule has 2 aliphatic rings. The Bertz CT molecular complexity index is 787. The van der Waals surface area contributed by atoms with Crippen molar-refractivity contribution in [1.29, 1.82) is 0 Å². The Labute approximate surface area is 185 Å². The van der Waals surface area contributed by atoms with Crippen molar-refractivity contribution in [2.75, 3.05) is 26.9 Å². The molecule has 2 aliphatic heterocycles. The molecule has 6 N–H and O–H groups in total. The van der Waals surface area contributed by atoms with Crippen LogP contribution in [0.3, 0.4) is 0 Å². The summed E-state index contributed by atoms with van der Waals surface area (Å²) in [6, 6.07) is 5.10. The maximum atomic E-state index is 10.3. The molecule has 180 valence electrons. The normalized spacial score (nSPS) is 37.7. The van der Waals surface area contributed by atoms with E-state index in [0.29, 0.717) is 5.75 Å². The Morgan fingerprint density at radius 3 is 2.47 bits per heavy atom. The Morgan fingerprint density at radius 2 is 1.84 bits per heavy atom. The summed E-state index contributed by atoms with van der Waals surface area (Å²) in [6.07, 6.45) is -6.34. The minimum Gasteiger partial charge on any atom is -0.493 e. The topological polar surface area (TPSA) is 168 Å². The van der Waals surface area contributed by atoms with Gasteiger partial charge in [-0.25, -0.2) is 0 Å². The van der Waals surface area contributed by atoms with Crippen LogP contribution in [0.25, 0.3) is 6.08 Å². The maximum absolute atomic E-state index is 10.3. The molecule has 11 nitrogen and oxygen atoms in total. The van der Waals surface area contributed by atoms with Crippen molar-refractivity contribution in [3.05, 3.63) is 29.8 Å². The average molecular weight is 458 g/mol. The summed E-state index contributed by atoms with van der Waals surface area (Å²) < 4.78 is 27.2. The molecule has 2 fully saturated rings. The Hall–Kier alpha value is -1.80. The van der Waals surface area contributed by atoms with Gasteiger partial charge in [-0.15, -0.1) is 0 Å². The lowest BCUT2D eigenvalue weighted by atomic mass is 9.99. The molecule has 0 bridgehead atoms. The van der Waals surface area contributed by atoms with E-state index in [0.717, 1.165) is 5.56 Å². The van der Waals surface area contributed by atoms with Crippen molar-refractivity contribution in [2.24, 2.45) is 0 Å². The molecule has 1 aromatic rings. The predicted octanol–water partition coefficient (Wildman–Crippen LogP) is -1.63. The summed E-state index contributed by atoms with van der Waals surface area (Å²) in [5, 5.41) is 60.2. The standard InChI is InChI=1S/C21H30O11/c1-3-4-11-5-6-12(13(7-11)28-2)31-19-17(25)16(24)15(23)14(32-19)8-29-20-18(26)21(27,9-22)10-30-20/h3-7,14-20,22-27H,8-10H2,1-2H3/b4-3+/t14-,15-,16+,17-,18+,19-,20-,21-/m1/s1. The number of hydrogen-bond donors (Lipinski definition) is 6. The third-order valence-electron chi connectivity index (χ3n) is 5.46. The Morgan fingerprint density at radius 1 is 1.09 bits per heavy atom. The van der Waals surface area contributed by atoms with Crippen LogP contribution in [0.15, 0.2) is 24.3 Å². The molecule has 2 heterocycles. The van der Waals surface area contributed by atoms with E-state index < -0.39 is 55.3 Å². The lowest BCUT2D eigenvalue weighted by Crippen LogP contribution is -2.60. The monoisotopic (exact) mass is 458 g/mol. The first-order valence-electron chi connectivity index (χ1n) is 10.2. The maximum Gasteiger partial charge on any atom is 0.229 e. The zero-order valence-corrected chi connectivity index (χ0v) is 17.8. The lowest BCUT2D eigenvalue weighted by molar-refractivity contribution is -0.289. The fourth-order valence-corrected chi connectivity index (χ4v) is 3.48. The number of ether oxygens (including phenoxy) is 5. The second kappa shape index (κ2) is 10.4. The molecule has 32 heavy (non-hydrogen) atoms. The zero-order valence-electron chi connectivity index (χ0n) is 17.8. The number of benzene rings is 1. The van der Waals surface area contributed by atoms with Crippen LogP contribution in [-0.4, -0.2) is 106 Å². The van der Waals surface area contributed by atoms with Gasteiger partial charge in [0, 0.05) is 0 Å². The van der Waals surface area contributed by atoms with Gasteiger partial charge in [0.25, 0.3) is 0 Å². The van der Waals surface area contributed by atoms with Crippen LogP contribution in [0.5, 0.6) is 11.5 Å². The second-order valence-electron chi connectivity index (χ2n) is 7.76. The van der Waals surface area contributed by atoms with Crippen LogP contribution in [0.2, 0.25) is 0 Å². The van der Waals surface area contributed by atoms with Gasteiger partial charge >= 0.3 is 0 Å². The number of methoxy groups -OCH3 is 1. The zero-order chi connectivity index (χ0) is 23.5. The minimum absolute atomic E-state index is 0.246. The minimum atomic E-state index is -1.87. The van der Waals surface area contributed by atoms with E-state index >= 15 is 0 Å². The highest BCUT2D eigenvalue weighted by molar-refractivity contribution is 5.55. The summed E-state index contributed by atoms with van der Waals surface area (Å²) in [5.74, 6) is 0.617. The number of aliphatic hydroxyl groups excluding tert-OH is 5. The number of rotatable bonds is 8. The predicted molar refractivity (Wildman–Crippen MR) is 109 cm³/mol. The van der Waals surface area contributed by atoms with Crippen LogP contribution in [0, 0.1) is 0 Å². The van der Waals surface area contributed by atoms with E-state index in [2.05, 4.69) is 0 Å². The van der Waals surface area contributed by atoms with Gasteiger partial charge in [-0.05, 0) is 24.6 Å². The number of aliphatic hydroxyl groups is 6. The summed E-state index contributed by atoms with van der Waals surface area (Å²) in [4.78, 5) is 0. The van der Waals surface area contributed by atoms with Gasteiger partial charge in [0.05, 0.1) is 26.9 Å². The lowest BCUT2D eigenvalue weighted by Gasteiger charge is -2.40. The van der Waals surface area contributed by atoms with Gasteiger partial charge in [-0.3, -0.25) is 0 Å². The molecule has 8 atom stereocenters. The van der Waals surface area contributed by atoms with E-state index in [1.165, 1.54) is 7.11 Å². The van der Waals surface area contributed by atoms with Crippen molar-refractivity contribution >= 4 is 6.08 Å². The summed E-state index contributed by atoms with van der Waals surface area (Å²) in [6.45, 7) is 0.426. The molecule has 0 radical (unpaired) electrons. The molecule has 0 aliphatic carbocycles. The summed E-state index contributed by atoms with van der Waals surface area (Å²) >= 11 is 0. The van der Waals surface area contributed by atoms with Gasteiger partial charge in [-0.2, -0.15) is 0 Å². The van der Waals surface area contributed by atoms with E-state index in [9.17, 15) is 30.6 Å². The fourth-order valence-electron chi connectivity index (χ4n) is 3.48. The molecule has 0 aromatic heterocycles. The average Bonchev–Trinajstić information content (AvgIpc) is 3.08. The van der Waals surface area contributed by atoms with Crippen LogP contribution in [0.1, 0.15) is 12.5 Å². The van der Waals surface area contributed by atoms with Crippen LogP contribution in [-0.2, 0) is 14.2 Å².